The van der Waals surface area contributed by atoms with E-state index in [9.17, 15) is 5.11 Å². The summed E-state index contributed by atoms with van der Waals surface area (Å²) in [5, 5.41) is 14.9. The Kier molecular flexibility index (Phi) is 6.35. The van der Waals surface area contributed by atoms with E-state index in [0.29, 0.717) is 5.02 Å². The highest BCUT2D eigenvalue weighted by molar-refractivity contribution is 6.30. The van der Waals surface area contributed by atoms with E-state index in [1.165, 1.54) is 11.1 Å². The van der Waals surface area contributed by atoms with Crippen molar-refractivity contribution < 1.29 is 9.84 Å². The van der Waals surface area contributed by atoms with Crippen LogP contribution in [0.3, 0.4) is 0 Å². The molecule has 3 nitrogen and oxygen atoms in total. The number of rotatable bonds is 6. The molecule has 0 amide bonds. The second kappa shape index (κ2) is 8.70. The maximum Gasteiger partial charge on any atom is 0.126 e. The molecule has 3 rings (SSSR count). The van der Waals surface area contributed by atoms with Crippen molar-refractivity contribution in [1.29, 1.82) is 0 Å². The zero-order valence-corrected chi connectivity index (χ0v) is 15.4. The minimum atomic E-state index is -0.499. The molecule has 0 heterocycles. The number of hydrogen-bond acceptors (Lipinski definition) is 3. The Morgan fingerprint density at radius 1 is 1.12 bits per heavy atom. The lowest BCUT2D eigenvalue weighted by molar-refractivity contribution is -0.0151. The van der Waals surface area contributed by atoms with Gasteiger partial charge < -0.3 is 15.2 Å². The van der Waals surface area contributed by atoms with Crippen molar-refractivity contribution in [1.82, 2.24) is 5.32 Å². The average Bonchev–Trinajstić information content (AvgIpc) is 2.61. The van der Waals surface area contributed by atoms with Crippen molar-refractivity contribution in [3.63, 3.8) is 0 Å². The zero-order valence-electron chi connectivity index (χ0n) is 14.6. The number of aliphatic hydroxyl groups excluding tert-OH is 1. The Bertz CT molecular complexity index is 674. The first-order chi connectivity index (χ1) is 12.1. The van der Waals surface area contributed by atoms with E-state index in [-0.39, 0.29) is 12.1 Å². The summed E-state index contributed by atoms with van der Waals surface area (Å²) in [4.78, 5) is 0. The van der Waals surface area contributed by atoms with Crippen molar-refractivity contribution in [2.75, 3.05) is 6.54 Å². The van der Waals surface area contributed by atoms with Gasteiger partial charge in [0.1, 0.15) is 18.0 Å². The van der Waals surface area contributed by atoms with Crippen LogP contribution in [0.2, 0.25) is 5.02 Å². The highest BCUT2D eigenvalue weighted by Gasteiger charge is 2.32. The molecule has 3 atom stereocenters. The second-order valence-corrected chi connectivity index (χ2v) is 7.21. The molecule has 0 spiro atoms. The van der Waals surface area contributed by atoms with Gasteiger partial charge in [-0.2, -0.15) is 0 Å². The van der Waals surface area contributed by atoms with Crippen molar-refractivity contribution in [3.8, 4) is 5.75 Å². The predicted molar refractivity (Wildman–Crippen MR) is 102 cm³/mol. The molecule has 2 aromatic rings. The quantitative estimate of drug-likeness (QED) is 0.814. The van der Waals surface area contributed by atoms with E-state index in [1.54, 1.807) is 0 Å². The molecule has 0 unspecified atom stereocenters. The van der Waals surface area contributed by atoms with E-state index < -0.39 is 6.10 Å². The summed E-state index contributed by atoms with van der Waals surface area (Å²) < 4.78 is 5.99. The molecule has 2 N–H and O–H groups in total. The van der Waals surface area contributed by atoms with Crippen LogP contribution in [-0.2, 0) is 6.42 Å². The van der Waals surface area contributed by atoms with Gasteiger partial charge >= 0.3 is 0 Å². The van der Waals surface area contributed by atoms with Gasteiger partial charge in [0.15, 0.2) is 0 Å². The number of benzene rings is 2. The molecule has 1 saturated carbocycles. The van der Waals surface area contributed by atoms with Crippen molar-refractivity contribution in [2.45, 2.75) is 50.9 Å². The molecule has 2 aromatic carbocycles. The molecule has 134 valence electrons. The molecular weight excluding hydrogens is 334 g/mol. The van der Waals surface area contributed by atoms with Crippen LogP contribution in [0.5, 0.6) is 5.75 Å². The van der Waals surface area contributed by atoms with E-state index in [0.717, 1.165) is 38.0 Å². The molecule has 0 radical (unpaired) electrons. The fourth-order valence-electron chi connectivity index (χ4n) is 3.46. The Labute approximate surface area is 155 Å². The average molecular weight is 360 g/mol. The fraction of sp³-hybridized carbons (Fsp3) is 0.429. The predicted octanol–water partition coefficient (Wildman–Crippen LogP) is 4.14. The molecule has 1 aliphatic rings. The first kappa shape index (κ1) is 18.2. The van der Waals surface area contributed by atoms with Gasteiger partial charge in [0.25, 0.3) is 0 Å². The van der Waals surface area contributed by atoms with Crippen molar-refractivity contribution >= 4 is 11.6 Å². The third-order valence-corrected chi connectivity index (χ3v) is 5.21. The van der Waals surface area contributed by atoms with Crippen LogP contribution in [0.1, 0.15) is 30.4 Å². The molecule has 0 aromatic heterocycles. The lowest BCUT2D eigenvalue weighted by Gasteiger charge is -2.35. The van der Waals surface area contributed by atoms with Crippen molar-refractivity contribution in [3.05, 3.63) is 64.7 Å². The van der Waals surface area contributed by atoms with E-state index in [4.69, 9.17) is 16.3 Å². The van der Waals surface area contributed by atoms with Gasteiger partial charge in [-0.3, -0.25) is 0 Å². The number of halogens is 1. The van der Waals surface area contributed by atoms with Gasteiger partial charge in [0, 0.05) is 11.1 Å². The Morgan fingerprint density at radius 3 is 2.64 bits per heavy atom. The third-order valence-electron chi connectivity index (χ3n) is 4.96. The summed E-state index contributed by atoms with van der Waals surface area (Å²) >= 11 is 5.91. The smallest absolute Gasteiger partial charge is 0.126 e. The largest absolute Gasteiger partial charge is 0.488 e. The Balaban J connectivity index is 1.52. The first-order valence-electron chi connectivity index (χ1n) is 9.01. The highest BCUT2D eigenvalue weighted by Crippen LogP contribution is 2.25. The van der Waals surface area contributed by atoms with Crippen molar-refractivity contribution in [2.24, 2.45) is 0 Å². The van der Waals surface area contributed by atoms with Crippen LogP contribution >= 0.6 is 11.6 Å². The summed E-state index contributed by atoms with van der Waals surface area (Å²) in [6, 6.07) is 15.9. The molecule has 1 fully saturated rings. The summed E-state index contributed by atoms with van der Waals surface area (Å²) in [5.74, 6) is 0.758. The minimum Gasteiger partial charge on any atom is -0.488 e. The lowest BCUT2D eigenvalue weighted by atomic mass is 9.89. The van der Waals surface area contributed by atoms with Gasteiger partial charge in [0.2, 0.25) is 0 Å². The number of nitrogens with one attached hydrogen (secondary N) is 1. The zero-order chi connectivity index (χ0) is 17.6. The molecule has 0 aliphatic heterocycles. The van der Waals surface area contributed by atoms with Crippen LogP contribution in [0.4, 0.5) is 0 Å². The summed E-state index contributed by atoms with van der Waals surface area (Å²) in [6.07, 6.45) is 3.21. The molecule has 0 saturated heterocycles. The van der Waals surface area contributed by atoms with Crippen LogP contribution in [-0.4, -0.2) is 29.9 Å². The second-order valence-electron chi connectivity index (χ2n) is 6.77. The first-order valence-corrected chi connectivity index (χ1v) is 9.39. The SMILES string of the molecule is Cc1ccccc1CCN[C@H]1CCC[C@@H](Oc2ccc(Cl)cc2)[C@@H]1O. The molecule has 0 bridgehead atoms. The van der Waals surface area contributed by atoms with Gasteiger partial charge in [-0.1, -0.05) is 35.9 Å². The van der Waals surface area contributed by atoms with Crippen LogP contribution < -0.4 is 10.1 Å². The monoisotopic (exact) mass is 359 g/mol. The number of aryl methyl sites for hydroxylation is 1. The van der Waals surface area contributed by atoms with Crippen LogP contribution in [0.25, 0.3) is 0 Å². The maximum absolute atomic E-state index is 10.7. The topological polar surface area (TPSA) is 41.5 Å². The lowest BCUT2D eigenvalue weighted by Crippen LogP contribution is -2.51. The van der Waals surface area contributed by atoms with Gasteiger partial charge in [-0.05, 0) is 74.5 Å². The van der Waals surface area contributed by atoms with Crippen LogP contribution in [0.15, 0.2) is 48.5 Å². The normalized spacial score (nSPS) is 23.4. The molecule has 4 heteroatoms. The summed E-state index contributed by atoms with van der Waals surface area (Å²) in [5.41, 5.74) is 2.67. The summed E-state index contributed by atoms with van der Waals surface area (Å²) in [6.45, 7) is 3.00. The highest BCUT2D eigenvalue weighted by atomic mass is 35.5. The van der Waals surface area contributed by atoms with Gasteiger partial charge in [-0.25, -0.2) is 0 Å². The fourth-order valence-corrected chi connectivity index (χ4v) is 3.59. The number of ether oxygens (including phenoxy) is 1. The van der Waals surface area contributed by atoms with Gasteiger partial charge in [0.05, 0.1) is 0 Å². The number of hydrogen-bond donors (Lipinski definition) is 2. The molecular formula is C21H26ClNO2. The van der Waals surface area contributed by atoms with Gasteiger partial charge in [-0.15, -0.1) is 0 Å². The van der Waals surface area contributed by atoms with E-state index in [2.05, 4.69) is 36.5 Å². The standard InChI is InChI=1S/C21H26ClNO2/c1-15-5-2-3-6-16(15)13-14-23-19-7-4-8-20(21(19)24)25-18-11-9-17(22)10-12-18/h2-3,5-6,9-12,19-21,23-24H,4,7-8,13-14H2,1H3/t19-,20+,21+/m0/s1. The Morgan fingerprint density at radius 2 is 1.88 bits per heavy atom. The van der Waals surface area contributed by atoms with E-state index in [1.807, 2.05) is 24.3 Å². The number of aliphatic hydroxyl groups is 1. The molecule has 25 heavy (non-hydrogen) atoms. The third kappa shape index (κ3) is 4.97. The summed E-state index contributed by atoms with van der Waals surface area (Å²) in [7, 11) is 0. The minimum absolute atomic E-state index is 0.0788. The van der Waals surface area contributed by atoms with E-state index >= 15 is 0 Å². The van der Waals surface area contributed by atoms with Crippen LogP contribution in [0, 0.1) is 6.92 Å². The molecule has 1 aliphatic carbocycles. The maximum atomic E-state index is 10.7. The Hall–Kier alpha value is -1.55.